The monoisotopic (exact) mass is 210 g/mol. The van der Waals surface area contributed by atoms with Gasteiger partial charge in [0.05, 0.1) is 0 Å². The molecule has 2 N–H and O–H groups in total. The molecule has 1 unspecified atom stereocenters. The number of likely N-dealkylation sites (tertiary alicyclic amines) is 1. The van der Waals surface area contributed by atoms with E-state index in [4.69, 9.17) is 5.73 Å². The van der Waals surface area contributed by atoms with Crippen molar-refractivity contribution >= 4 is 0 Å². The number of nitrogens with two attached hydrogens (primary N) is 1. The number of rotatable bonds is 3. The van der Waals surface area contributed by atoms with Gasteiger partial charge in [-0.25, -0.2) is 0 Å². The van der Waals surface area contributed by atoms with Crippen LogP contribution in [0.15, 0.2) is 0 Å². The standard InChI is InChI=1S/C13H26N2/c1-2-15-10-6-7-12(15)11-13(14)8-4-3-5-9-13/h12H,2-11,14H2,1H3. The molecule has 1 aliphatic carbocycles. The van der Waals surface area contributed by atoms with Crippen molar-refractivity contribution in [3.8, 4) is 0 Å². The normalized spacial score (nSPS) is 32.0. The van der Waals surface area contributed by atoms with Crippen molar-refractivity contribution in [2.24, 2.45) is 5.73 Å². The molecule has 1 saturated carbocycles. The first-order chi connectivity index (χ1) is 7.23. The van der Waals surface area contributed by atoms with Crippen LogP contribution in [-0.4, -0.2) is 29.6 Å². The lowest BCUT2D eigenvalue weighted by molar-refractivity contribution is 0.182. The summed E-state index contributed by atoms with van der Waals surface area (Å²) in [5.74, 6) is 0. The number of nitrogens with zero attached hydrogens (tertiary/aromatic N) is 1. The molecule has 0 spiro atoms. The molecule has 15 heavy (non-hydrogen) atoms. The van der Waals surface area contributed by atoms with Gasteiger partial charge in [0.1, 0.15) is 0 Å². The lowest BCUT2D eigenvalue weighted by Crippen LogP contribution is -2.47. The summed E-state index contributed by atoms with van der Waals surface area (Å²) in [7, 11) is 0. The van der Waals surface area contributed by atoms with Gasteiger partial charge in [-0.1, -0.05) is 26.2 Å². The Kier molecular flexibility index (Phi) is 3.68. The molecule has 2 fully saturated rings. The summed E-state index contributed by atoms with van der Waals surface area (Å²) in [4.78, 5) is 2.63. The van der Waals surface area contributed by atoms with E-state index >= 15 is 0 Å². The van der Waals surface area contributed by atoms with Crippen molar-refractivity contribution in [2.45, 2.75) is 69.9 Å². The summed E-state index contributed by atoms with van der Waals surface area (Å²) < 4.78 is 0. The Morgan fingerprint density at radius 1 is 1.20 bits per heavy atom. The van der Waals surface area contributed by atoms with Gasteiger partial charge >= 0.3 is 0 Å². The molecule has 0 aromatic rings. The Morgan fingerprint density at radius 3 is 2.60 bits per heavy atom. The zero-order valence-corrected chi connectivity index (χ0v) is 10.2. The van der Waals surface area contributed by atoms with Gasteiger partial charge in [0.2, 0.25) is 0 Å². The van der Waals surface area contributed by atoms with Gasteiger partial charge in [-0.3, -0.25) is 0 Å². The Balaban J connectivity index is 1.88. The highest BCUT2D eigenvalue weighted by Gasteiger charge is 2.34. The van der Waals surface area contributed by atoms with Crippen molar-refractivity contribution in [3.63, 3.8) is 0 Å². The predicted octanol–water partition coefficient (Wildman–Crippen LogP) is 2.52. The van der Waals surface area contributed by atoms with Gasteiger partial charge in [-0.2, -0.15) is 0 Å². The fourth-order valence-electron chi connectivity index (χ4n) is 3.47. The Labute approximate surface area is 94.2 Å². The van der Waals surface area contributed by atoms with Gasteiger partial charge in [-0.05, 0) is 45.2 Å². The summed E-state index contributed by atoms with van der Waals surface area (Å²) in [6.07, 6.45) is 10.7. The van der Waals surface area contributed by atoms with Crippen LogP contribution in [0, 0.1) is 0 Å². The number of hydrogen-bond acceptors (Lipinski definition) is 2. The summed E-state index contributed by atoms with van der Waals surface area (Å²) in [6, 6.07) is 0.790. The summed E-state index contributed by atoms with van der Waals surface area (Å²) in [5, 5.41) is 0. The van der Waals surface area contributed by atoms with Crippen molar-refractivity contribution < 1.29 is 0 Å². The van der Waals surface area contributed by atoms with E-state index in [-0.39, 0.29) is 5.54 Å². The second-order valence-electron chi connectivity index (χ2n) is 5.55. The van der Waals surface area contributed by atoms with Gasteiger partial charge in [0.25, 0.3) is 0 Å². The molecule has 2 nitrogen and oxygen atoms in total. The molecule has 1 aliphatic heterocycles. The van der Waals surface area contributed by atoms with E-state index in [9.17, 15) is 0 Å². The van der Waals surface area contributed by atoms with Crippen LogP contribution in [0.5, 0.6) is 0 Å². The predicted molar refractivity (Wildman–Crippen MR) is 64.9 cm³/mol. The van der Waals surface area contributed by atoms with Crippen molar-refractivity contribution in [1.29, 1.82) is 0 Å². The summed E-state index contributed by atoms with van der Waals surface area (Å²) in [6.45, 7) is 4.79. The molecule has 2 rings (SSSR count). The molecule has 0 aromatic carbocycles. The third kappa shape index (κ3) is 2.73. The van der Waals surface area contributed by atoms with E-state index < -0.39 is 0 Å². The number of hydrogen-bond donors (Lipinski definition) is 1. The van der Waals surface area contributed by atoms with Crippen LogP contribution < -0.4 is 5.73 Å². The fraction of sp³-hybridized carbons (Fsp3) is 1.00. The van der Waals surface area contributed by atoms with Crippen LogP contribution in [0.25, 0.3) is 0 Å². The maximum atomic E-state index is 6.53. The third-order valence-electron chi connectivity index (χ3n) is 4.40. The van der Waals surface area contributed by atoms with Crippen LogP contribution >= 0.6 is 0 Å². The third-order valence-corrected chi connectivity index (χ3v) is 4.40. The lowest BCUT2D eigenvalue weighted by atomic mass is 9.78. The highest BCUT2D eigenvalue weighted by Crippen LogP contribution is 2.33. The average molecular weight is 210 g/mol. The highest BCUT2D eigenvalue weighted by molar-refractivity contribution is 4.93. The zero-order chi connectivity index (χ0) is 10.7. The van der Waals surface area contributed by atoms with E-state index in [1.807, 2.05) is 0 Å². The minimum atomic E-state index is 0.181. The smallest absolute Gasteiger partial charge is 0.0169 e. The van der Waals surface area contributed by atoms with Gasteiger partial charge in [-0.15, -0.1) is 0 Å². The van der Waals surface area contributed by atoms with E-state index in [1.54, 1.807) is 0 Å². The first kappa shape index (κ1) is 11.4. The topological polar surface area (TPSA) is 29.3 Å². The molecule has 0 amide bonds. The van der Waals surface area contributed by atoms with Crippen LogP contribution in [0.4, 0.5) is 0 Å². The van der Waals surface area contributed by atoms with Gasteiger partial charge in [0, 0.05) is 11.6 Å². The Bertz CT molecular complexity index is 197. The Morgan fingerprint density at radius 2 is 1.93 bits per heavy atom. The van der Waals surface area contributed by atoms with Crippen LogP contribution in [0.1, 0.15) is 58.3 Å². The second-order valence-corrected chi connectivity index (χ2v) is 5.55. The molecular formula is C13H26N2. The van der Waals surface area contributed by atoms with Crippen molar-refractivity contribution in [1.82, 2.24) is 4.90 Å². The largest absolute Gasteiger partial charge is 0.325 e. The van der Waals surface area contributed by atoms with E-state index in [2.05, 4.69) is 11.8 Å². The van der Waals surface area contributed by atoms with Crippen LogP contribution in [-0.2, 0) is 0 Å². The zero-order valence-electron chi connectivity index (χ0n) is 10.2. The van der Waals surface area contributed by atoms with E-state index in [0.717, 1.165) is 6.04 Å². The average Bonchev–Trinajstić information content (AvgIpc) is 2.65. The van der Waals surface area contributed by atoms with Gasteiger partial charge in [0.15, 0.2) is 0 Å². The lowest BCUT2D eigenvalue weighted by Gasteiger charge is -2.37. The quantitative estimate of drug-likeness (QED) is 0.775. The van der Waals surface area contributed by atoms with Gasteiger partial charge < -0.3 is 10.6 Å². The van der Waals surface area contributed by atoms with E-state index in [0.29, 0.717) is 0 Å². The van der Waals surface area contributed by atoms with E-state index in [1.165, 1.54) is 64.5 Å². The maximum Gasteiger partial charge on any atom is 0.0169 e. The Hall–Kier alpha value is -0.0800. The molecule has 1 saturated heterocycles. The summed E-state index contributed by atoms with van der Waals surface area (Å²) >= 11 is 0. The molecule has 2 aliphatic rings. The second kappa shape index (κ2) is 4.84. The van der Waals surface area contributed by atoms with Crippen LogP contribution in [0.3, 0.4) is 0 Å². The minimum Gasteiger partial charge on any atom is -0.325 e. The molecule has 0 bridgehead atoms. The maximum absolute atomic E-state index is 6.53. The summed E-state index contributed by atoms with van der Waals surface area (Å²) in [5.41, 5.74) is 6.71. The fourth-order valence-corrected chi connectivity index (χ4v) is 3.47. The van der Waals surface area contributed by atoms with Crippen LogP contribution in [0.2, 0.25) is 0 Å². The SMILES string of the molecule is CCN1CCCC1CC1(N)CCCCC1. The molecule has 88 valence electrons. The van der Waals surface area contributed by atoms with Crippen molar-refractivity contribution in [2.75, 3.05) is 13.1 Å². The molecular weight excluding hydrogens is 184 g/mol. The van der Waals surface area contributed by atoms with Crippen molar-refractivity contribution in [3.05, 3.63) is 0 Å². The first-order valence-electron chi connectivity index (χ1n) is 6.76. The molecule has 0 aromatic heterocycles. The minimum absolute atomic E-state index is 0.181. The molecule has 1 heterocycles. The molecule has 0 radical (unpaired) electrons. The molecule has 1 atom stereocenters. The molecule has 2 heteroatoms. The highest BCUT2D eigenvalue weighted by atomic mass is 15.2. The first-order valence-corrected chi connectivity index (χ1v) is 6.76.